The maximum atomic E-state index is 10.0. The van der Waals surface area contributed by atoms with Crippen molar-refractivity contribution < 1.29 is 4.79 Å². The molecular formula is C18H35OP. The average molecular weight is 298 g/mol. The number of benzene rings is 1. The quantitative estimate of drug-likeness (QED) is 0.480. The molecule has 0 N–H and O–H groups in total. The van der Waals surface area contributed by atoms with E-state index >= 15 is 0 Å². The van der Waals surface area contributed by atoms with E-state index in [4.69, 9.17) is 0 Å². The third kappa shape index (κ3) is 17.3. The Morgan fingerprint density at radius 2 is 1.75 bits per heavy atom. The van der Waals surface area contributed by atoms with E-state index in [1.165, 1.54) is 24.8 Å². The number of carbonyl (C=O) groups excluding carboxylic acids is 1. The van der Waals surface area contributed by atoms with Crippen molar-refractivity contribution in [3.05, 3.63) is 35.9 Å². The fraction of sp³-hybridized carbons (Fsp3) is 0.611. The van der Waals surface area contributed by atoms with Crippen LogP contribution in [-0.2, 0) is 11.2 Å². The second-order valence-electron chi connectivity index (χ2n) is 4.28. The Hall–Kier alpha value is -0.680. The predicted molar refractivity (Wildman–Crippen MR) is 97.6 cm³/mol. The molecule has 0 bridgehead atoms. The highest BCUT2D eigenvalue weighted by atomic mass is 31.0. The number of aldehydes is 1. The van der Waals surface area contributed by atoms with Crippen LogP contribution in [0.1, 0.15) is 59.9 Å². The summed E-state index contributed by atoms with van der Waals surface area (Å²) >= 11 is 0. The molecule has 0 fully saturated rings. The second kappa shape index (κ2) is 20.6. The molecule has 0 saturated heterocycles. The first kappa shape index (κ1) is 24.3. The van der Waals surface area contributed by atoms with Gasteiger partial charge in [0.25, 0.3) is 0 Å². The molecule has 1 nitrogen and oxygen atoms in total. The van der Waals surface area contributed by atoms with E-state index in [0.717, 1.165) is 18.9 Å². The molecule has 2 unspecified atom stereocenters. The fourth-order valence-electron chi connectivity index (χ4n) is 1.41. The largest absolute Gasteiger partial charge is 0.303 e. The molecule has 0 radical (unpaired) electrons. The predicted octanol–water partition coefficient (Wildman–Crippen LogP) is 5.78. The van der Waals surface area contributed by atoms with Crippen molar-refractivity contribution >= 4 is 15.5 Å². The average Bonchev–Trinajstić information content (AvgIpc) is 2.49. The minimum Gasteiger partial charge on any atom is -0.303 e. The number of hydrogen-bond donors (Lipinski definition) is 0. The number of aryl methyl sites for hydroxylation is 1. The van der Waals surface area contributed by atoms with Crippen molar-refractivity contribution in [3.8, 4) is 0 Å². The van der Waals surface area contributed by atoms with Gasteiger partial charge in [-0.3, -0.25) is 0 Å². The Bertz CT molecular complexity index is 272. The lowest BCUT2D eigenvalue weighted by Gasteiger charge is -1.97. The van der Waals surface area contributed by atoms with Crippen molar-refractivity contribution in [2.24, 2.45) is 5.92 Å². The smallest absolute Gasteiger partial charge is 0.122 e. The molecule has 1 rings (SSSR count). The second-order valence-corrected chi connectivity index (χ2v) is 4.86. The van der Waals surface area contributed by atoms with E-state index in [2.05, 4.69) is 40.4 Å². The molecule has 2 atom stereocenters. The SMILES string of the molecule is C.CC.CCCCC(C)C=O.PCCc1ccccc1. The first-order chi connectivity index (χ1) is 9.24. The third-order valence-corrected chi connectivity index (χ3v) is 2.81. The summed E-state index contributed by atoms with van der Waals surface area (Å²) in [7, 11) is 2.73. The van der Waals surface area contributed by atoms with Gasteiger partial charge in [-0.05, 0) is 24.6 Å². The molecular weight excluding hydrogens is 263 g/mol. The Kier molecular flexibility index (Phi) is 25.1. The van der Waals surface area contributed by atoms with Gasteiger partial charge in [-0.15, -0.1) is 9.24 Å². The summed E-state index contributed by atoms with van der Waals surface area (Å²) in [5.74, 6) is 0.273. The lowest BCUT2D eigenvalue weighted by atomic mass is 10.1. The van der Waals surface area contributed by atoms with Gasteiger partial charge < -0.3 is 4.79 Å². The molecule has 118 valence electrons. The van der Waals surface area contributed by atoms with Gasteiger partial charge in [0.05, 0.1) is 0 Å². The van der Waals surface area contributed by atoms with E-state index in [1.807, 2.05) is 26.8 Å². The van der Waals surface area contributed by atoms with Gasteiger partial charge in [0.15, 0.2) is 0 Å². The van der Waals surface area contributed by atoms with Crippen LogP contribution in [-0.4, -0.2) is 12.4 Å². The van der Waals surface area contributed by atoms with Crippen LogP contribution in [0.5, 0.6) is 0 Å². The molecule has 1 aromatic rings. The first-order valence-electron chi connectivity index (χ1n) is 7.43. The van der Waals surface area contributed by atoms with Gasteiger partial charge in [-0.25, -0.2) is 0 Å². The van der Waals surface area contributed by atoms with E-state index in [1.54, 1.807) is 0 Å². The normalized spacial score (nSPS) is 9.85. The van der Waals surface area contributed by atoms with Crippen molar-refractivity contribution in [1.29, 1.82) is 0 Å². The minimum atomic E-state index is 0. The van der Waals surface area contributed by atoms with Gasteiger partial charge >= 0.3 is 0 Å². The van der Waals surface area contributed by atoms with Crippen molar-refractivity contribution in [1.82, 2.24) is 0 Å². The zero-order chi connectivity index (χ0) is 14.9. The molecule has 0 heterocycles. The van der Waals surface area contributed by atoms with E-state index in [-0.39, 0.29) is 13.3 Å². The van der Waals surface area contributed by atoms with Crippen LogP contribution >= 0.6 is 9.24 Å². The fourth-order valence-corrected chi connectivity index (χ4v) is 1.74. The molecule has 0 aliphatic carbocycles. The summed E-state index contributed by atoms with van der Waals surface area (Å²) in [5, 5.41) is 0. The number of carbonyl (C=O) groups is 1. The lowest BCUT2D eigenvalue weighted by molar-refractivity contribution is -0.110. The van der Waals surface area contributed by atoms with Gasteiger partial charge in [0.2, 0.25) is 0 Å². The zero-order valence-electron chi connectivity index (χ0n) is 13.1. The highest BCUT2D eigenvalue weighted by Crippen LogP contribution is 2.03. The first-order valence-corrected chi connectivity index (χ1v) is 8.25. The number of rotatable bonds is 6. The summed E-state index contributed by atoms with van der Waals surface area (Å²) in [4.78, 5) is 10.0. The van der Waals surface area contributed by atoms with E-state index < -0.39 is 0 Å². The minimum absolute atomic E-state index is 0. The molecule has 0 aliphatic heterocycles. The molecule has 1 aromatic carbocycles. The highest BCUT2D eigenvalue weighted by Gasteiger charge is 1.95. The summed E-state index contributed by atoms with van der Waals surface area (Å²) in [6, 6.07) is 10.5. The molecule has 0 aromatic heterocycles. The van der Waals surface area contributed by atoms with Gasteiger partial charge in [-0.1, -0.05) is 78.3 Å². The molecule has 20 heavy (non-hydrogen) atoms. The van der Waals surface area contributed by atoms with Crippen LogP contribution in [0.25, 0.3) is 0 Å². The zero-order valence-corrected chi connectivity index (χ0v) is 14.2. The van der Waals surface area contributed by atoms with Crippen LogP contribution in [0.3, 0.4) is 0 Å². The maximum absolute atomic E-state index is 10.0. The molecule has 0 saturated carbocycles. The van der Waals surface area contributed by atoms with Gasteiger partial charge in [0.1, 0.15) is 6.29 Å². The Morgan fingerprint density at radius 3 is 2.15 bits per heavy atom. The number of unbranched alkanes of at least 4 members (excludes halogenated alkanes) is 1. The van der Waals surface area contributed by atoms with E-state index in [9.17, 15) is 4.79 Å². The Balaban J connectivity index is -0.000000248. The van der Waals surface area contributed by atoms with Crippen LogP contribution in [0.15, 0.2) is 30.3 Å². The van der Waals surface area contributed by atoms with E-state index in [0.29, 0.717) is 0 Å². The topological polar surface area (TPSA) is 17.1 Å². The van der Waals surface area contributed by atoms with Gasteiger partial charge in [-0.2, -0.15) is 0 Å². The third-order valence-electron chi connectivity index (χ3n) is 2.52. The number of hydrogen-bond acceptors (Lipinski definition) is 1. The Morgan fingerprint density at radius 1 is 1.20 bits per heavy atom. The van der Waals surface area contributed by atoms with Crippen LogP contribution in [0.4, 0.5) is 0 Å². The molecule has 0 amide bonds. The summed E-state index contributed by atoms with van der Waals surface area (Å²) in [6.45, 7) is 8.10. The van der Waals surface area contributed by atoms with Gasteiger partial charge in [0, 0.05) is 5.92 Å². The summed E-state index contributed by atoms with van der Waals surface area (Å²) in [6.07, 6.45) is 6.78. The maximum Gasteiger partial charge on any atom is 0.122 e. The molecule has 0 aliphatic rings. The summed E-state index contributed by atoms with van der Waals surface area (Å²) in [5.41, 5.74) is 1.42. The lowest BCUT2D eigenvalue weighted by Crippen LogP contribution is -1.93. The monoisotopic (exact) mass is 298 g/mol. The highest BCUT2D eigenvalue weighted by molar-refractivity contribution is 7.16. The van der Waals surface area contributed by atoms with Crippen molar-refractivity contribution in [2.45, 2.75) is 60.8 Å². The standard InChI is InChI=1S/C8H11P.C7H14O.C2H6.CH4/c9-7-6-8-4-2-1-3-5-8;1-3-4-5-7(2)6-8;1-2;/h1-5H,6-7,9H2;6-7H,3-5H2,1-2H3;1-2H3;1H4. The molecule has 0 spiro atoms. The van der Waals surface area contributed by atoms with Crippen LogP contribution in [0, 0.1) is 5.92 Å². The Labute approximate surface area is 129 Å². The van der Waals surface area contributed by atoms with Crippen LogP contribution in [0.2, 0.25) is 0 Å². The van der Waals surface area contributed by atoms with Crippen molar-refractivity contribution in [3.63, 3.8) is 0 Å². The van der Waals surface area contributed by atoms with Crippen molar-refractivity contribution in [2.75, 3.05) is 6.16 Å². The molecule has 2 heteroatoms. The summed E-state index contributed by atoms with van der Waals surface area (Å²) < 4.78 is 0. The van der Waals surface area contributed by atoms with Crippen LogP contribution < -0.4 is 0 Å².